The minimum Gasteiger partial charge on any atom is -0.261 e. The van der Waals surface area contributed by atoms with Crippen molar-refractivity contribution in [1.29, 1.82) is 0 Å². The number of sulfonamides is 1. The zero-order valence-corrected chi connectivity index (χ0v) is 17.8. The molecule has 0 saturated carbocycles. The Kier molecular flexibility index (Phi) is 5.01. The molecule has 5 rings (SSSR count). The molecule has 0 bridgehead atoms. The molecule has 0 atom stereocenters. The third-order valence-electron chi connectivity index (χ3n) is 4.63. The quantitative estimate of drug-likeness (QED) is 0.404. The average molecular weight is 445 g/mol. The zero-order chi connectivity index (χ0) is 21.3. The van der Waals surface area contributed by atoms with Crippen molar-refractivity contribution in [3.8, 4) is 0 Å². The minimum absolute atomic E-state index is 0.160. The van der Waals surface area contributed by atoms with Crippen molar-refractivity contribution in [1.82, 2.24) is 15.0 Å². The van der Waals surface area contributed by atoms with E-state index in [1.165, 1.54) is 23.9 Å². The van der Waals surface area contributed by atoms with Crippen LogP contribution in [0.2, 0.25) is 0 Å². The summed E-state index contributed by atoms with van der Waals surface area (Å²) in [5.74, 6) is 0.181. The molecule has 0 aliphatic heterocycles. The van der Waals surface area contributed by atoms with Gasteiger partial charge in [0.1, 0.15) is 5.03 Å². The summed E-state index contributed by atoms with van der Waals surface area (Å²) in [6.07, 6.45) is 1.73. The third-order valence-corrected chi connectivity index (χ3v) is 7.01. The third kappa shape index (κ3) is 3.95. The molecule has 152 valence electrons. The number of fused-ring (bicyclic) bond motifs is 2. The molecule has 0 saturated heterocycles. The normalized spacial score (nSPS) is 11.6. The molecule has 0 unspecified atom stereocenters. The van der Waals surface area contributed by atoms with E-state index in [1.807, 2.05) is 48.5 Å². The van der Waals surface area contributed by atoms with E-state index in [0.29, 0.717) is 16.1 Å². The van der Waals surface area contributed by atoms with E-state index in [2.05, 4.69) is 14.7 Å². The van der Waals surface area contributed by atoms with Gasteiger partial charge in [-0.05, 0) is 36.4 Å². The number of nitrogens with zero attached hydrogens (tertiary/aromatic N) is 3. The fraction of sp³-hybridized carbons (Fsp3) is 0. The summed E-state index contributed by atoms with van der Waals surface area (Å²) in [5, 5.41) is 1.45. The van der Waals surface area contributed by atoms with E-state index in [4.69, 9.17) is 4.98 Å². The molecule has 0 amide bonds. The van der Waals surface area contributed by atoms with Crippen LogP contribution >= 0.6 is 11.8 Å². The Balaban J connectivity index is 1.63. The Morgan fingerprint density at radius 1 is 0.742 bits per heavy atom. The number of benzene rings is 3. The Morgan fingerprint density at radius 2 is 1.45 bits per heavy atom. The molecule has 0 radical (unpaired) electrons. The van der Waals surface area contributed by atoms with Crippen LogP contribution in [-0.4, -0.2) is 23.4 Å². The van der Waals surface area contributed by atoms with Crippen LogP contribution in [0.4, 0.5) is 5.82 Å². The molecule has 5 aromatic rings. The molecule has 3 aromatic carbocycles. The van der Waals surface area contributed by atoms with Gasteiger partial charge in [-0.25, -0.2) is 18.4 Å². The lowest BCUT2D eigenvalue weighted by Gasteiger charge is -2.13. The van der Waals surface area contributed by atoms with Gasteiger partial charge in [0.2, 0.25) is 0 Å². The maximum absolute atomic E-state index is 13.0. The predicted molar refractivity (Wildman–Crippen MR) is 123 cm³/mol. The van der Waals surface area contributed by atoms with Gasteiger partial charge in [-0.2, -0.15) is 0 Å². The average Bonchev–Trinajstić information content (AvgIpc) is 2.80. The second-order valence-corrected chi connectivity index (χ2v) is 9.43. The van der Waals surface area contributed by atoms with Crippen molar-refractivity contribution < 1.29 is 8.42 Å². The zero-order valence-electron chi connectivity index (χ0n) is 16.1. The first-order valence-corrected chi connectivity index (χ1v) is 11.8. The fourth-order valence-electron chi connectivity index (χ4n) is 3.17. The van der Waals surface area contributed by atoms with Gasteiger partial charge in [-0.1, -0.05) is 60.3 Å². The Bertz CT molecular complexity index is 1500. The highest BCUT2D eigenvalue weighted by Crippen LogP contribution is 2.36. The van der Waals surface area contributed by atoms with E-state index in [9.17, 15) is 8.42 Å². The lowest BCUT2D eigenvalue weighted by molar-refractivity contribution is 0.601. The number of hydrogen-bond donors (Lipinski definition) is 1. The van der Waals surface area contributed by atoms with Crippen molar-refractivity contribution in [2.75, 3.05) is 4.72 Å². The fourth-order valence-corrected chi connectivity index (χ4v) is 5.22. The Hall–Kier alpha value is -3.49. The number of hydrogen-bond acceptors (Lipinski definition) is 6. The molecule has 6 nitrogen and oxygen atoms in total. The smallest absolute Gasteiger partial charge is 0.261 e. The summed E-state index contributed by atoms with van der Waals surface area (Å²) in [4.78, 5) is 14.8. The molecule has 2 aromatic heterocycles. The van der Waals surface area contributed by atoms with E-state index >= 15 is 0 Å². The molecular weight excluding hydrogens is 428 g/mol. The number of aromatic nitrogens is 3. The predicted octanol–water partition coefficient (Wildman–Crippen LogP) is 5.13. The summed E-state index contributed by atoms with van der Waals surface area (Å²) in [6.45, 7) is 0. The van der Waals surface area contributed by atoms with E-state index in [-0.39, 0.29) is 10.7 Å². The lowest BCUT2D eigenvalue weighted by atomic mass is 10.2. The van der Waals surface area contributed by atoms with Gasteiger partial charge in [0, 0.05) is 16.5 Å². The molecule has 1 N–H and O–H groups in total. The standard InChI is InChI=1S/C23H16N4O2S2/c28-31(29,17-10-2-1-3-11-17)27-22-23(26-19-13-5-4-12-18(19)25-22)30-20-14-6-8-16-9-7-15-24-21(16)20/h1-15H,(H,25,27). The lowest BCUT2D eigenvalue weighted by Crippen LogP contribution is -2.15. The van der Waals surface area contributed by atoms with Crippen LogP contribution in [0, 0.1) is 0 Å². The first-order valence-electron chi connectivity index (χ1n) is 9.46. The van der Waals surface area contributed by atoms with Gasteiger partial charge in [0.25, 0.3) is 10.0 Å². The van der Waals surface area contributed by atoms with Gasteiger partial charge in [-0.3, -0.25) is 9.71 Å². The highest BCUT2D eigenvalue weighted by molar-refractivity contribution is 7.99. The summed E-state index contributed by atoms with van der Waals surface area (Å²) >= 11 is 1.33. The summed E-state index contributed by atoms with van der Waals surface area (Å²) in [6, 6.07) is 25.3. The van der Waals surface area contributed by atoms with Gasteiger partial charge in [0.05, 0.1) is 21.4 Å². The molecule has 0 aliphatic carbocycles. The molecule has 8 heteroatoms. The van der Waals surface area contributed by atoms with Crippen LogP contribution in [0.15, 0.2) is 106 Å². The summed E-state index contributed by atoms with van der Waals surface area (Å²) < 4.78 is 28.5. The van der Waals surface area contributed by atoms with E-state index in [0.717, 1.165) is 15.8 Å². The summed E-state index contributed by atoms with van der Waals surface area (Å²) in [7, 11) is -3.82. The van der Waals surface area contributed by atoms with E-state index < -0.39 is 10.0 Å². The van der Waals surface area contributed by atoms with Gasteiger partial charge in [0.15, 0.2) is 5.82 Å². The van der Waals surface area contributed by atoms with Crippen LogP contribution in [0.1, 0.15) is 0 Å². The largest absolute Gasteiger partial charge is 0.263 e. The highest BCUT2D eigenvalue weighted by atomic mass is 32.2. The number of nitrogens with one attached hydrogen (secondary N) is 1. The Labute approximate surface area is 183 Å². The van der Waals surface area contributed by atoms with Crippen LogP contribution in [0.3, 0.4) is 0 Å². The van der Waals surface area contributed by atoms with Crippen molar-refractivity contribution >= 4 is 49.5 Å². The van der Waals surface area contributed by atoms with Crippen LogP contribution < -0.4 is 4.72 Å². The van der Waals surface area contributed by atoms with E-state index in [1.54, 1.807) is 30.5 Å². The first kappa shape index (κ1) is 19.5. The van der Waals surface area contributed by atoms with Gasteiger partial charge in [-0.15, -0.1) is 0 Å². The molecule has 0 fully saturated rings. The van der Waals surface area contributed by atoms with Crippen molar-refractivity contribution in [2.45, 2.75) is 14.8 Å². The first-order chi connectivity index (χ1) is 15.1. The number of rotatable bonds is 5. The molecule has 2 heterocycles. The van der Waals surface area contributed by atoms with Gasteiger partial charge < -0.3 is 0 Å². The summed E-state index contributed by atoms with van der Waals surface area (Å²) in [5.41, 5.74) is 2.11. The molecule has 0 aliphatic rings. The second-order valence-electron chi connectivity index (χ2n) is 6.72. The maximum atomic E-state index is 13.0. The molecule has 0 spiro atoms. The number of anilines is 1. The van der Waals surface area contributed by atoms with Gasteiger partial charge >= 0.3 is 0 Å². The van der Waals surface area contributed by atoms with Crippen molar-refractivity contribution in [2.24, 2.45) is 0 Å². The van der Waals surface area contributed by atoms with Crippen molar-refractivity contribution in [3.63, 3.8) is 0 Å². The number of para-hydroxylation sites is 3. The van der Waals surface area contributed by atoms with Crippen LogP contribution in [0.5, 0.6) is 0 Å². The second kappa shape index (κ2) is 7.98. The highest BCUT2D eigenvalue weighted by Gasteiger charge is 2.20. The Morgan fingerprint density at radius 3 is 2.26 bits per heavy atom. The monoisotopic (exact) mass is 444 g/mol. The topological polar surface area (TPSA) is 84.8 Å². The molecule has 31 heavy (non-hydrogen) atoms. The molecular formula is C23H16N4O2S2. The minimum atomic E-state index is -3.82. The van der Waals surface area contributed by atoms with Crippen molar-refractivity contribution in [3.05, 3.63) is 91.1 Å². The SMILES string of the molecule is O=S(=O)(Nc1nc2ccccc2nc1Sc1cccc2cccnc12)c1ccccc1. The maximum Gasteiger partial charge on any atom is 0.263 e. The van der Waals surface area contributed by atoms with Crippen LogP contribution in [-0.2, 0) is 10.0 Å². The van der Waals surface area contributed by atoms with Crippen LogP contribution in [0.25, 0.3) is 21.9 Å². The number of pyridine rings is 1.